The maximum absolute atomic E-state index is 11.5. The van der Waals surface area contributed by atoms with Crippen LogP contribution in [0.3, 0.4) is 0 Å². The zero-order chi connectivity index (χ0) is 12.1. The highest BCUT2D eigenvalue weighted by molar-refractivity contribution is 5.79. The Hall–Kier alpha value is -0.650. The quantitative estimate of drug-likeness (QED) is 0.603. The highest BCUT2D eigenvalue weighted by Gasteiger charge is 2.24. The van der Waals surface area contributed by atoms with Crippen LogP contribution in [0.2, 0.25) is 0 Å². The van der Waals surface area contributed by atoms with Crippen LogP contribution in [0, 0.1) is 5.92 Å². The van der Waals surface area contributed by atoms with Crippen LogP contribution in [0.5, 0.6) is 0 Å². The summed E-state index contributed by atoms with van der Waals surface area (Å²) >= 11 is 0. The number of hydrogen-bond donors (Lipinski definition) is 2. The molecule has 0 aromatic heterocycles. The molecule has 5 heteroatoms. The minimum Gasteiger partial charge on any atom is -0.356 e. The number of piperazine rings is 1. The average molecular weight is 240 g/mol. The maximum atomic E-state index is 11.5. The van der Waals surface area contributed by atoms with E-state index in [0.717, 1.165) is 45.7 Å². The molecule has 2 rings (SSSR count). The van der Waals surface area contributed by atoms with Crippen molar-refractivity contribution < 1.29 is 4.79 Å². The van der Waals surface area contributed by atoms with Gasteiger partial charge in [-0.3, -0.25) is 4.79 Å². The van der Waals surface area contributed by atoms with Crippen molar-refractivity contribution in [3.8, 4) is 0 Å². The van der Waals surface area contributed by atoms with E-state index in [-0.39, 0.29) is 11.8 Å². The Bertz CT molecular complexity index is 247. The van der Waals surface area contributed by atoms with Gasteiger partial charge in [-0.15, -0.1) is 0 Å². The Morgan fingerprint density at radius 1 is 1.29 bits per heavy atom. The van der Waals surface area contributed by atoms with Gasteiger partial charge in [-0.05, 0) is 20.0 Å². The van der Waals surface area contributed by atoms with E-state index in [2.05, 4.69) is 27.5 Å². The molecule has 0 unspecified atom stereocenters. The minimum absolute atomic E-state index is 0.221. The van der Waals surface area contributed by atoms with Gasteiger partial charge in [-0.25, -0.2) is 0 Å². The first kappa shape index (κ1) is 12.8. The standard InChI is InChI=1S/C12H24N4O/c1-15-5-7-16(8-6-15)4-2-3-14-12(17)11-9-13-10-11/h11,13H,2-10H2,1H3,(H,14,17). The van der Waals surface area contributed by atoms with Crippen molar-refractivity contribution in [3.63, 3.8) is 0 Å². The Labute approximate surface area is 104 Å². The van der Waals surface area contributed by atoms with E-state index in [1.165, 1.54) is 13.1 Å². The first-order chi connectivity index (χ1) is 8.25. The summed E-state index contributed by atoms with van der Waals surface area (Å²) in [5, 5.41) is 6.13. The van der Waals surface area contributed by atoms with Crippen molar-refractivity contribution in [2.45, 2.75) is 6.42 Å². The van der Waals surface area contributed by atoms with Gasteiger partial charge in [0.25, 0.3) is 0 Å². The highest BCUT2D eigenvalue weighted by atomic mass is 16.2. The number of amides is 1. The second-order valence-corrected chi connectivity index (χ2v) is 5.14. The van der Waals surface area contributed by atoms with Gasteiger partial charge >= 0.3 is 0 Å². The lowest BCUT2D eigenvalue weighted by Gasteiger charge is -2.32. The molecule has 2 heterocycles. The van der Waals surface area contributed by atoms with E-state index in [1.54, 1.807) is 0 Å². The monoisotopic (exact) mass is 240 g/mol. The van der Waals surface area contributed by atoms with Crippen molar-refractivity contribution in [1.29, 1.82) is 0 Å². The van der Waals surface area contributed by atoms with Crippen molar-refractivity contribution in [2.24, 2.45) is 5.92 Å². The zero-order valence-corrected chi connectivity index (χ0v) is 10.7. The second-order valence-electron chi connectivity index (χ2n) is 5.14. The molecule has 0 aromatic rings. The fraction of sp³-hybridized carbons (Fsp3) is 0.917. The van der Waals surface area contributed by atoms with Gasteiger partial charge in [0.05, 0.1) is 5.92 Å². The van der Waals surface area contributed by atoms with Crippen LogP contribution in [0.15, 0.2) is 0 Å². The summed E-state index contributed by atoms with van der Waals surface area (Å²) in [6.07, 6.45) is 1.07. The molecule has 5 nitrogen and oxygen atoms in total. The topological polar surface area (TPSA) is 47.6 Å². The highest BCUT2D eigenvalue weighted by Crippen LogP contribution is 2.02. The van der Waals surface area contributed by atoms with Gasteiger partial charge in [-0.2, -0.15) is 0 Å². The summed E-state index contributed by atoms with van der Waals surface area (Å²) in [6, 6.07) is 0. The first-order valence-corrected chi connectivity index (χ1v) is 6.65. The second kappa shape index (κ2) is 6.33. The molecule has 1 amide bonds. The molecule has 0 spiro atoms. The molecular formula is C12H24N4O. The molecule has 0 bridgehead atoms. The molecule has 0 radical (unpaired) electrons. The smallest absolute Gasteiger partial charge is 0.225 e. The Kier molecular flexibility index (Phi) is 4.76. The van der Waals surface area contributed by atoms with E-state index in [1.807, 2.05) is 0 Å². The van der Waals surface area contributed by atoms with Crippen LogP contribution in [0.25, 0.3) is 0 Å². The molecule has 0 saturated carbocycles. The molecule has 17 heavy (non-hydrogen) atoms. The number of rotatable bonds is 5. The first-order valence-electron chi connectivity index (χ1n) is 6.65. The lowest BCUT2D eigenvalue weighted by molar-refractivity contribution is -0.126. The fourth-order valence-corrected chi connectivity index (χ4v) is 2.20. The van der Waals surface area contributed by atoms with Gasteiger partial charge in [-0.1, -0.05) is 0 Å². The van der Waals surface area contributed by atoms with E-state index < -0.39 is 0 Å². The predicted molar refractivity (Wildman–Crippen MR) is 67.9 cm³/mol. The summed E-state index contributed by atoms with van der Waals surface area (Å²) in [5.41, 5.74) is 0. The maximum Gasteiger partial charge on any atom is 0.225 e. The molecule has 0 aliphatic carbocycles. The molecule has 0 atom stereocenters. The molecule has 0 aromatic carbocycles. The van der Waals surface area contributed by atoms with Crippen molar-refractivity contribution in [2.75, 3.05) is 59.4 Å². The van der Waals surface area contributed by atoms with Crippen molar-refractivity contribution in [1.82, 2.24) is 20.4 Å². The summed E-state index contributed by atoms with van der Waals surface area (Å²) in [7, 11) is 2.17. The minimum atomic E-state index is 0.221. The Morgan fingerprint density at radius 3 is 2.59 bits per heavy atom. The molecule has 98 valence electrons. The zero-order valence-electron chi connectivity index (χ0n) is 10.7. The normalized spacial score (nSPS) is 23.4. The largest absolute Gasteiger partial charge is 0.356 e. The van der Waals surface area contributed by atoms with E-state index in [4.69, 9.17) is 0 Å². The summed E-state index contributed by atoms with van der Waals surface area (Å²) in [5.74, 6) is 0.445. The number of carbonyl (C=O) groups excluding carboxylic acids is 1. The van der Waals surface area contributed by atoms with Gasteiger partial charge in [0.2, 0.25) is 5.91 Å². The van der Waals surface area contributed by atoms with Crippen molar-refractivity contribution >= 4 is 5.91 Å². The molecule has 2 aliphatic rings. The van der Waals surface area contributed by atoms with Crippen LogP contribution >= 0.6 is 0 Å². The molecule has 2 saturated heterocycles. The number of nitrogens with zero attached hydrogens (tertiary/aromatic N) is 2. The summed E-state index contributed by atoms with van der Waals surface area (Å²) < 4.78 is 0. The van der Waals surface area contributed by atoms with Crippen LogP contribution in [-0.4, -0.2) is 75.1 Å². The SMILES string of the molecule is CN1CCN(CCCNC(=O)C2CNC2)CC1. The van der Waals surface area contributed by atoms with Crippen LogP contribution in [0.4, 0.5) is 0 Å². The van der Waals surface area contributed by atoms with Crippen LogP contribution < -0.4 is 10.6 Å². The Morgan fingerprint density at radius 2 is 2.00 bits per heavy atom. The van der Waals surface area contributed by atoms with E-state index in [9.17, 15) is 4.79 Å². The molecule has 2 N–H and O–H groups in total. The average Bonchev–Trinajstić information content (AvgIpc) is 2.24. The van der Waals surface area contributed by atoms with Gasteiger partial charge in [0.15, 0.2) is 0 Å². The van der Waals surface area contributed by atoms with Gasteiger partial charge in [0, 0.05) is 45.8 Å². The van der Waals surface area contributed by atoms with E-state index >= 15 is 0 Å². The molecule has 2 fully saturated rings. The Balaban J connectivity index is 1.49. The third-order valence-electron chi connectivity index (χ3n) is 3.70. The lowest BCUT2D eigenvalue weighted by atomic mass is 10.0. The van der Waals surface area contributed by atoms with Crippen LogP contribution in [-0.2, 0) is 4.79 Å². The third kappa shape index (κ3) is 3.94. The number of likely N-dealkylation sites (N-methyl/N-ethyl adjacent to an activating group) is 1. The predicted octanol–water partition coefficient (Wildman–Crippen LogP) is -1.04. The van der Waals surface area contributed by atoms with Gasteiger partial charge < -0.3 is 20.4 Å². The summed E-state index contributed by atoms with van der Waals surface area (Å²) in [4.78, 5) is 16.4. The lowest BCUT2D eigenvalue weighted by Crippen LogP contribution is -2.51. The van der Waals surface area contributed by atoms with Crippen LogP contribution in [0.1, 0.15) is 6.42 Å². The third-order valence-corrected chi connectivity index (χ3v) is 3.70. The molecular weight excluding hydrogens is 216 g/mol. The molecule has 2 aliphatic heterocycles. The number of nitrogens with one attached hydrogen (secondary N) is 2. The van der Waals surface area contributed by atoms with Gasteiger partial charge in [0.1, 0.15) is 0 Å². The number of carbonyl (C=O) groups is 1. The summed E-state index contributed by atoms with van der Waals surface area (Å²) in [6.45, 7) is 8.29. The van der Waals surface area contributed by atoms with Crippen molar-refractivity contribution in [3.05, 3.63) is 0 Å². The fourth-order valence-electron chi connectivity index (χ4n) is 2.20. The van der Waals surface area contributed by atoms with E-state index in [0.29, 0.717) is 0 Å². The number of hydrogen-bond acceptors (Lipinski definition) is 4.